The Balaban J connectivity index is 1.97. The fraction of sp³-hybridized carbons (Fsp3) is 0.737. The predicted octanol–water partition coefficient (Wildman–Crippen LogP) is 0.646. The van der Waals surface area contributed by atoms with E-state index in [0.29, 0.717) is 12.0 Å². The molecule has 0 aromatic carbocycles. The second kappa shape index (κ2) is 4.80. The Labute approximate surface area is 146 Å². The monoisotopic (exact) mass is 348 g/mol. The Morgan fingerprint density at radius 1 is 1.16 bits per heavy atom. The molecule has 4 rings (SSSR count). The average molecular weight is 348 g/mol. The van der Waals surface area contributed by atoms with Gasteiger partial charge in [-0.2, -0.15) is 0 Å². The van der Waals surface area contributed by atoms with Gasteiger partial charge in [-0.05, 0) is 31.3 Å². The molecule has 2 N–H and O–H groups in total. The second-order valence-corrected chi connectivity index (χ2v) is 8.77. The maximum absolute atomic E-state index is 13.3. The largest absolute Gasteiger partial charge is 0.453 e. The van der Waals surface area contributed by atoms with Crippen molar-refractivity contribution in [1.82, 2.24) is 0 Å². The Hall–Kier alpha value is -1.53. The number of hydrogen-bond donors (Lipinski definition) is 2. The number of hydrogen-bond acceptors (Lipinski definition) is 6. The van der Waals surface area contributed by atoms with Gasteiger partial charge in [-0.3, -0.25) is 14.4 Å². The summed E-state index contributed by atoms with van der Waals surface area (Å²) in [6, 6.07) is 0. The van der Waals surface area contributed by atoms with Gasteiger partial charge in [-0.1, -0.05) is 26.3 Å². The fourth-order valence-electron chi connectivity index (χ4n) is 6.55. The molecule has 6 heteroatoms. The molecule has 0 bridgehead atoms. The van der Waals surface area contributed by atoms with Gasteiger partial charge in [0.25, 0.3) is 0 Å². The van der Waals surface area contributed by atoms with Crippen molar-refractivity contribution in [2.24, 2.45) is 34.5 Å². The van der Waals surface area contributed by atoms with Gasteiger partial charge in [0.15, 0.2) is 17.7 Å². The molecule has 3 fully saturated rings. The summed E-state index contributed by atoms with van der Waals surface area (Å²) in [5.74, 6) is -3.11. The van der Waals surface area contributed by atoms with Crippen molar-refractivity contribution >= 4 is 17.5 Å². The highest BCUT2D eigenvalue weighted by atomic mass is 16.6. The molecule has 2 saturated carbocycles. The van der Waals surface area contributed by atoms with E-state index >= 15 is 0 Å². The van der Waals surface area contributed by atoms with Gasteiger partial charge in [0, 0.05) is 10.8 Å². The molecule has 4 aliphatic rings. The van der Waals surface area contributed by atoms with Gasteiger partial charge in [-0.15, -0.1) is 0 Å². The second-order valence-electron chi connectivity index (χ2n) is 8.77. The smallest absolute Gasteiger partial charge is 0.310 e. The quantitative estimate of drug-likeness (QED) is 0.623. The first-order valence-electron chi connectivity index (χ1n) is 8.88. The van der Waals surface area contributed by atoms with Crippen LogP contribution in [0.3, 0.4) is 0 Å². The summed E-state index contributed by atoms with van der Waals surface area (Å²) < 4.78 is 5.52. The molecule has 0 amide bonds. The number of aliphatic hydroxyl groups is 2. The Morgan fingerprint density at radius 2 is 1.80 bits per heavy atom. The molecule has 6 nitrogen and oxygen atoms in total. The first kappa shape index (κ1) is 16.9. The van der Waals surface area contributed by atoms with Gasteiger partial charge in [0.05, 0.1) is 17.9 Å². The molecule has 0 spiro atoms. The van der Waals surface area contributed by atoms with Crippen LogP contribution < -0.4 is 0 Å². The van der Waals surface area contributed by atoms with Crippen molar-refractivity contribution in [2.75, 3.05) is 0 Å². The van der Waals surface area contributed by atoms with Gasteiger partial charge in [-0.25, -0.2) is 0 Å². The summed E-state index contributed by atoms with van der Waals surface area (Å²) in [6.45, 7) is 7.12. The number of fused-ring (bicyclic) bond motifs is 2. The van der Waals surface area contributed by atoms with Crippen molar-refractivity contribution in [3.63, 3.8) is 0 Å². The topological polar surface area (TPSA) is 101 Å². The lowest BCUT2D eigenvalue weighted by Gasteiger charge is -2.62. The van der Waals surface area contributed by atoms with Crippen LogP contribution in [0, 0.1) is 34.5 Å². The van der Waals surface area contributed by atoms with E-state index in [4.69, 9.17) is 4.74 Å². The molecular weight excluding hydrogens is 324 g/mol. The van der Waals surface area contributed by atoms with Crippen LogP contribution in [0.5, 0.6) is 0 Å². The van der Waals surface area contributed by atoms with E-state index < -0.39 is 52.7 Å². The molecule has 1 heterocycles. The number of aliphatic hydroxyl groups excluding tert-OH is 2. The van der Waals surface area contributed by atoms with Gasteiger partial charge in [0.1, 0.15) is 6.10 Å². The van der Waals surface area contributed by atoms with Crippen molar-refractivity contribution in [2.45, 2.75) is 52.4 Å². The zero-order valence-electron chi connectivity index (χ0n) is 14.9. The molecule has 136 valence electrons. The number of allylic oxidation sites excluding steroid dienone is 1. The van der Waals surface area contributed by atoms with Crippen molar-refractivity contribution in [3.05, 3.63) is 11.6 Å². The maximum Gasteiger partial charge on any atom is 0.310 e. The average Bonchev–Trinajstić information content (AvgIpc) is 2.80. The first-order valence-corrected chi connectivity index (χ1v) is 8.88. The lowest BCUT2D eigenvalue weighted by atomic mass is 9.40. The molecule has 9 atom stereocenters. The molecule has 3 aliphatic carbocycles. The highest BCUT2D eigenvalue weighted by Crippen LogP contribution is 2.67. The third kappa shape index (κ3) is 1.70. The van der Waals surface area contributed by atoms with E-state index in [1.807, 2.05) is 6.92 Å². The standard InChI is InChI=1S/C19H24O6/c1-7-5-10(21)15(23)18(3)11-6-9(20)8(2)13-17(24)25-16(19(11,13)4)14(22)12(7)18/h5,8-9,11-13,15-16,20,23H,6H2,1-4H3. The number of carbonyl (C=O) groups is 3. The van der Waals surface area contributed by atoms with Crippen LogP contribution in [0.25, 0.3) is 0 Å². The van der Waals surface area contributed by atoms with E-state index in [1.165, 1.54) is 6.08 Å². The van der Waals surface area contributed by atoms with Gasteiger partial charge >= 0.3 is 5.97 Å². The lowest BCUT2D eigenvalue weighted by Crippen LogP contribution is -2.69. The fourth-order valence-corrected chi connectivity index (χ4v) is 6.55. The number of rotatable bonds is 0. The van der Waals surface area contributed by atoms with Crippen LogP contribution >= 0.6 is 0 Å². The summed E-state index contributed by atoms with van der Waals surface area (Å²) in [4.78, 5) is 38.2. The maximum atomic E-state index is 13.3. The van der Waals surface area contributed by atoms with Crippen LogP contribution in [0.2, 0.25) is 0 Å². The summed E-state index contributed by atoms with van der Waals surface area (Å²) in [6.07, 6.45) is -1.29. The minimum atomic E-state index is -1.33. The lowest BCUT2D eigenvalue weighted by molar-refractivity contribution is -0.198. The van der Waals surface area contributed by atoms with Gasteiger partial charge < -0.3 is 14.9 Å². The zero-order valence-corrected chi connectivity index (χ0v) is 14.9. The molecule has 1 saturated heterocycles. The molecule has 9 unspecified atom stereocenters. The van der Waals surface area contributed by atoms with Crippen molar-refractivity contribution in [3.8, 4) is 0 Å². The third-order valence-electron chi connectivity index (χ3n) is 7.68. The minimum Gasteiger partial charge on any atom is -0.453 e. The molecule has 0 radical (unpaired) electrons. The van der Waals surface area contributed by atoms with E-state index in [9.17, 15) is 24.6 Å². The number of esters is 1. The molecule has 25 heavy (non-hydrogen) atoms. The van der Waals surface area contributed by atoms with E-state index in [1.54, 1.807) is 20.8 Å². The molecule has 1 aliphatic heterocycles. The Bertz CT molecular complexity index is 725. The Kier molecular flexibility index (Phi) is 3.24. The van der Waals surface area contributed by atoms with Crippen LogP contribution in [-0.2, 0) is 19.1 Å². The highest BCUT2D eigenvalue weighted by Gasteiger charge is 2.75. The summed E-state index contributed by atoms with van der Waals surface area (Å²) in [5, 5.41) is 21.4. The Morgan fingerprint density at radius 3 is 2.44 bits per heavy atom. The molecular formula is C19H24O6. The van der Waals surface area contributed by atoms with Crippen LogP contribution in [0.4, 0.5) is 0 Å². The van der Waals surface area contributed by atoms with Crippen LogP contribution in [0.1, 0.15) is 34.1 Å². The van der Waals surface area contributed by atoms with Crippen molar-refractivity contribution < 1.29 is 29.3 Å². The third-order valence-corrected chi connectivity index (χ3v) is 7.68. The SMILES string of the molecule is CC1=CC(=O)C(O)C2(C)C1C(=O)C1OC(=O)C3C(C)C(O)CC2C13C. The predicted molar refractivity (Wildman–Crippen MR) is 86.1 cm³/mol. The van der Waals surface area contributed by atoms with Gasteiger partial charge in [0.2, 0.25) is 0 Å². The van der Waals surface area contributed by atoms with Crippen molar-refractivity contribution in [1.29, 1.82) is 0 Å². The number of ketones is 2. The van der Waals surface area contributed by atoms with E-state index in [-0.39, 0.29) is 17.6 Å². The molecule has 0 aromatic heterocycles. The molecule has 0 aromatic rings. The number of Topliss-reactive ketones (excluding diaryl/α,β-unsaturated/α-hetero) is 1. The highest BCUT2D eigenvalue weighted by molar-refractivity contribution is 6.02. The number of carbonyl (C=O) groups excluding carboxylic acids is 3. The zero-order chi connectivity index (χ0) is 18.5. The van der Waals surface area contributed by atoms with E-state index in [2.05, 4.69) is 0 Å². The summed E-state index contributed by atoms with van der Waals surface area (Å²) >= 11 is 0. The van der Waals surface area contributed by atoms with Crippen LogP contribution in [0.15, 0.2) is 11.6 Å². The normalized spacial score (nSPS) is 54.6. The van der Waals surface area contributed by atoms with Crippen LogP contribution in [-0.4, -0.2) is 46.1 Å². The number of ether oxygens (including phenoxy) is 1. The first-order chi connectivity index (χ1) is 11.6. The summed E-state index contributed by atoms with van der Waals surface area (Å²) in [7, 11) is 0. The summed E-state index contributed by atoms with van der Waals surface area (Å²) in [5.41, 5.74) is -1.28. The minimum absolute atomic E-state index is 0.235. The van der Waals surface area contributed by atoms with E-state index in [0.717, 1.165) is 0 Å².